The maximum Gasteiger partial charge on any atom is 0.237 e. The number of carbonyl (C=O) groups excluding carboxylic acids is 4. The Morgan fingerprint density at radius 3 is 2.03 bits per heavy atom. The third-order valence-corrected chi connectivity index (χ3v) is 8.10. The van der Waals surface area contributed by atoms with Crippen LogP contribution in [0.2, 0.25) is 0 Å². The quantitative estimate of drug-likeness (QED) is 0.355. The minimum Gasteiger partial charge on any atom is -0.349 e. The van der Waals surface area contributed by atoms with Crippen molar-refractivity contribution in [1.29, 1.82) is 0 Å². The predicted octanol–water partition coefficient (Wildman–Crippen LogP) is 4.57. The number of ether oxygens (including phenoxy) is 1. The molecule has 0 N–H and O–H groups in total. The highest BCUT2D eigenvalue weighted by molar-refractivity contribution is 9.10. The molecule has 180 valence electrons. The molecule has 7 heteroatoms. The molecule has 4 atom stereocenters. The third-order valence-electron chi connectivity index (χ3n) is 7.57. The molecule has 2 heterocycles. The number of halogens is 1. The molecule has 0 bridgehead atoms. The number of benzene rings is 3. The number of amides is 2. The van der Waals surface area contributed by atoms with Crippen LogP contribution in [0.15, 0.2) is 83.3 Å². The number of carbonyl (C=O) groups is 4. The Hall–Kier alpha value is -3.42. The minimum atomic E-state index is -2.04. The van der Waals surface area contributed by atoms with E-state index in [1.807, 2.05) is 49.4 Å². The van der Waals surface area contributed by atoms with Gasteiger partial charge in [-0.2, -0.15) is 0 Å². The molecule has 2 saturated heterocycles. The second kappa shape index (κ2) is 8.32. The number of hydrogen-bond donors (Lipinski definition) is 0. The van der Waals surface area contributed by atoms with E-state index in [1.54, 1.807) is 36.4 Å². The van der Waals surface area contributed by atoms with Crippen molar-refractivity contribution in [3.05, 3.63) is 106 Å². The lowest BCUT2D eigenvalue weighted by Gasteiger charge is -2.29. The highest BCUT2D eigenvalue weighted by atomic mass is 79.9. The van der Waals surface area contributed by atoms with Gasteiger partial charge in [0.15, 0.2) is 0 Å². The van der Waals surface area contributed by atoms with Gasteiger partial charge >= 0.3 is 0 Å². The van der Waals surface area contributed by atoms with Crippen LogP contribution in [0.1, 0.15) is 44.9 Å². The summed E-state index contributed by atoms with van der Waals surface area (Å²) in [7, 11) is 0. The summed E-state index contributed by atoms with van der Waals surface area (Å²) in [5, 5.41) is 0. The molecule has 3 aromatic rings. The Labute approximate surface area is 216 Å². The fourth-order valence-corrected chi connectivity index (χ4v) is 6.24. The van der Waals surface area contributed by atoms with Crippen molar-refractivity contribution in [2.24, 2.45) is 11.8 Å². The lowest BCUT2D eigenvalue weighted by molar-refractivity contribution is -0.147. The Morgan fingerprint density at radius 1 is 0.833 bits per heavy atom. The maximum absolute atomic E-state index is 14.0. The third kappa shape index (κ3) is 3.12. The zero-order chi connectivity index (χ0) is 25.2. The predicted molar refractivity (Wildman–Crippen MR) is 134 cm³/mol. The number of rotatable bonds is 4. The van der Waals surface area contributed by atoms with Gasteiger partial charge < -0.3 is 4.74 Å². The molecule has 3 aromatic carbocycles. The van der Waals surface area contributed by atoms with E-state index in [4.69, 9.17) is 4.74 Å². The Bertz CT molecular complexity index is 1380. The van der Waals surface area contributed by atoms with Gasteiger partial charge in [-0.1, -0.05) is 82.7 Å². The Kier molecular flexibility index (Phi) is 5.32. The second-order valence-electron chi connectivity index (χ2n) is 9.62. The number of fused-ring (bicyclic) bond motifs is 3. The van der Waals surface area contributed by atoms with Gasteiger partial charge in [-0.25, -0.2) is 0 Å². The van der Waals surface area contributed by atoms with Crippen molar-refractivity contribution in [2.75, 3.05) is 0 Å². The fraction of sp³-hybridized carbons (Fsp3) is 0.241. The number of ketones is 2. The van der Waals surface area contributed by atoms with Crippen LogP contribution in [0.25, 0.3) is 0 Å². The van der Waals surface area contributed by atoms with Crippen molar-refractivity contribution in [1.82, 2.24) is 4.90 Å². The highest BCUT2D eigenvalue weighted by Crippen LogP contribution is 2.57. The summed E-state index contributed by atoms with van der Waals surface area (Å²) < 4.78 is 7.15. The summed E-state index contributed by atoms with van der Waals surface area (Å²) in [6, 6.07) is 22.9. The summed E-state index contributed by atoms with van der Waals surface area (Å²) in [5.74, 6) is -4.21. The normalized spacial score (nSPS) is 24.9. The number of hydrogen-bond acceptors (Lipinski definition) is 5. The standard InChI is InChI=1S/C29H22BrNO5/c1-16(15-17-7-3-2-4-8-17)31-27(34)22-23(28(31)35)29(36-24(22)18-11-13-19(30)14-12-18)25(32)20-9-5-6-10-21(20)26(29)33/h2-14,16,22-24H,15H2,1H3/t16-,22+,23-,24+/m1/s1. The molecule has 0 radical (unpaired) electrons. The van der Waals surface area contributed by atoms with Crippen molar-refractivity contribution >= 4 is 39.3 Å². The van der Waals surface area contributed by atoms with Crippen LogP contribution in [0.4, 0.5) is 0 Å². The molecular formula is C29H22BrNO5. The van der Waals surface area contributed by atoms with Gasteiger partial charge in [-0.05, 0) is 36.6 Å². The number of imide groups is 1. The van der Waals surface area contributed by atoms with Crippen LogP contribution in [0, 0.1) is 11.8 Å². The lowest BCUT2D eigenvalue weighted by atomic mass is 9.77. The molecule has 2 aliphatic heterocycles. The Morgan fingerprint density at radius 2 is 1.42 bits per heavy atom. The van der Waals surface area contributed by atoms with Crippen molar-refractivity contribution in [2.45, 2.75) is 31.1 Å². The maximum atomic E-state index is 14.0. The van der Waals surface area contributed by atoms with Gasteiger partial charge in [0, 0.05) is 21.6 Å². The number of Topliss-reactive ketones (excluding diaryl/α,β-unsaturated/α-hetero) is 2. The van der Waals surface area contributed by atoms with E-state index >= 15 is 0 Å². The van der Waals surface area contributed by atoms with Crippen LogP contribution < -0.4 is 0 Å². The minimum absolute atomic E-state index is 0.230. The largest absolute Gasteiger partial charge is 0.349 e. The van der Waals surface area contributed by atoms with Crippen LogP contribution >= 0.6 is 15.9 Å². The summed E-state index contributed by atoms with van der Waals surface area (Å²) in [6.07, 6.45) is -0.438. The SMILES string of the molecule is C[C@H](Cc1ccccc1)N1C(=O)[C@@H]2[C@H](c3ccc(Br)cc3)OC3(C(=O)c4ccccc4C3=O)[C@H]2C1=O. The van der Waals surface area contributed by atoms with Crippen LogP contribution in [-0.4, -0.2) is 39.9 Å². The molecule has 3 aliphatic rings. The molecule has 0 saturated carbocycles. The van der Waals surface area contributed by atoms with E-state index in [1.165, 1.54) is 4.90 Å². The first-order valence-electron chi connectivity index (χ1n) is 11.9. The first-order valence-corrected chi connectivity index (χ1v) is 12.7. The van der Waals surface area contributed by atoms with E-state index in [0.717, 1.165) is 10.0 Å². The summed E-state index contributed by atoms with van der Waals surface area (Å²) in [4.78, 5) is 56.7. The number of likely N-dealkylation sites (tertiary alicyclic amines) is 1. The molecule has 1 spiro atoms. The molecule has 1 aliphatic carbocycles. The molecular weight excluding hydrogens is 522 g/mol. The van der Waals surface area contributed by atoms with Gasteiger partial charge in [0.1, 0.15) is 0 Å². The molecule has 0 unspecified atom stereocenters. The van der Waals surface area contributed by atoms with Gasteiger partial charge in [0.25, 0.3) is 0 Å². The first kappa shape index (κ1) is 23.0. The van der Waals surface area contributed by atoms with Gasteiger partial charge in [0.05, 0.1) is 17.9 Å². The van der Waals surface area contributed by atoms with E-state index in [-0.39, 0.29) is 11.1 Å². The summed E-state index contributed by atoms with van der Waals surface area (Å²) in [5.41, 5.74) is 0.0430. The molecule has 2 fully saturated rings. The molecule has 36 heavy (non-hydrogen) atoms. The zero-order valence-corrected chi connectivity index (χ0v) is 21.0. The van der Waals surface area contributed by atoms with Crippen LogP contribution in [0.5, 0.6) is 0 Å². The van der Waals surface area contributed by atoms with Gasteiger partial charge in [-0.3, -0.25) is 24.1 Å². The van der Waals surface area contributed by atoms with Crippen LogP contribution in [0.3, 0.4) is 0 Å². The highest BCUT2D eigenvalue weighted by Gasteiger charge is 2.74. The Balaban J connectivity index is 1.46. The molecule has 6 nitrogen and oxygen atoms in total. The van der Waals surface area contributed by atoms with Gasteiger partial charge in [-0.15, -0.1) is 0 Å². The smallest absolute Gasteiger partial charge is 0.237 e. The zero-order valence-electron chi connectivity index (χ0n) is 19.4. The second-order valence-corrected chi connectivity index (χ2v) is 10.5. The molecule has 2 amide bonds. The fourth-order valence-electron chi connectivity index (χ4n) is 5.97. The topological polar surface area (TPSA) is 80.8 Å². The summed E-state index contributed by atoms with van der Waals surface area (Å²) >= 11 is 3.41. The first-order chi connectivity index (χ1) is 17.3. The van der Waals surface area contributed by atoms with E-state index in [2.05, 4.69) is 15.9 Å². The van der Waals surface area contributed by atoms with Crippen molar-refractivity contribution < 1.29 is 23.9 Å². The molecule has 6 rings (SSSR count). The lowest BCUT2D eigenvalue weighted by Crippen LogP contribution is -2.52. The van der Waals surface area contributed by atoms with E-state index < -0.39 is 53.0 Å². The summed E-state index contributed by atoms with van der Waals surface area (Å²) in [6.45, 7) is 1.82. The van der Waals surface area contributed by atoms with Crippen LogP contribution in [-0.2, 0) is 20.7 Å². The van der Waals surface area contributed by atoms with Crippen molar-refractivity contribution in [3.63, 3.8) is 0 Å². The average Bonchev–Trinajstić information content (AvgIpc) is 3.45. The average molecular weight is 544 g/mol. The van der Waals surface area contributed by atoms with Gasteiger partial charge in [0.2, 0.25) is 29.0 Å². The monoisotopic (exact) mass is 543 g/mol. The van der Waals surface area contributed by atoms with Crippen molar-refractivity contribution in [3.8, 4) is 0 Å². The van der Waals surface area contributed by atoms with E-state index in [0.29, 0.717) is 12.0 Å². The molecule has 0 aromatic heterocycles. The van der Waals surface area contributed by atoms with E-state index in [9.17, 15) is 19.2 Å². The number of nitrogens with zero attached hydrogens (tertiary/aromatic N) is 1.